The third-order valence-electron chi connectivity index (χ3n) is 2.33. The molecule has 8 heteroatoms. The van der Waals surface area contributed by atoms with Crippen LogP contribution in [0, 0.1) is 12.7 Å². The van der Waals surface area contributed by atoms with E-state index in [1.165, 1.54) is 6.92 Å². The van der Waals surface area contributed by atoms with Crippen LogP contribution < -0.4 is 5.56 Å². The van der Waals surface area contributed by atoms with Crippen LogP contribution in [0.2, 0.25) is 0 Å². The SMILES string of the molecule is Cc1nc(C(F)(F)F)c(Cn2cc(F)ccc2=O)s1. The first-order valence-corrected chi connectivity index (χ1v) is 5.98. The van der Waals surface area contributed by atoms with Crippen molar-refractivity contribution in [3.05, 3.63) is 50.1 Å². The minimum absolute atomic E-state index is 0.113. The summed E-state index contributed by atoms with van der Waals surface area (Å²) in [7, 11) is 0. The lowest BCUT2D eigenvalue weighted by Crippen LogP contribution is -2.20. The quantitative estimate of drug-likeness (QED) is 0.798. The van der Waals surface area contributed by atoms with E-state index >= 15 is 0 Å². The van der Waals surface area contributed by atoms with Crippen LogP contribution in [0.4, 0.5) is 17.6 Å². The van der Waals surface area contributed by atoms with Gasteiger partial charge in [-0.25, -0.2) is 9.37 Å². The highest BCUT2D eigenvalue weighted by molar-refractivity contribution is 7.11. The van der Waals surface area contributed by atoms with Crippen molar-refractivity contribution in [3.63, 3.8) is 0 Å². The molecule has 0 N–H and O–H groups in total. The van der Waals surface area contributed by atoms with Crippen molar-refractivity contribution < 1.29 is 17.6 Å². The summed E-state index contributed by atoms with van der Waals surface area (Å²) in [5, 5.41) is 0.242. The third kappa shape index (κ3) is 3.01. The van der Waals surface area contributed by atoms with E-state index in [1.807, 2.05) is 0 Å². The number of thiazole rings is 1. The molecule has 0 amide bonds. The zero-order valence-corrected chi connectivity index (χ0v) is 10.5. The summed E-state index contributed by atoms with van der Waals surface area (Å²) in [5.41, 5.74) is -1.59. The molecule has 2 rings (SSSR count). The minimum atomic E-state index is -4.59. The normalized spacial score (nSPS) is 11.8. The first kappa shape index (κ1) is 13.7. The monoisotopic (exact) mass is 292 g/mol. The van der Waals surface area contributed by atoms with Gasteiger partial charge in [-0.2, -0.15) is 13.2 Å². The van der Waals surface area contributed by atoms with Gasteiger partial charge in [0.15, 0.2) is 5.69 Å². The molecule has 0 radical (unpaired) electrons. The Bertz CT molecular complexity index is 659. The van der Waals surface area contributed by atoms with Crippen LogP contribution in [0.5, 0.6) is 0 Å². The molecule has 2 heterocycles. The first-order valence-electron chi connectivity index (χ1n) is 5.17. The van der Waals surface area contributed by atoms with E-state index in [2.05, 4.69) is 4.98 Å². The number of alkyl halides is 3. The zero-order valence-electron chi connectivity index (χ0n) is 9.66. The zero-order chi connectivity index (χ0) is 14.2. The Balaban J connectivity index is 2.44. The Hall–Kier alpha value is -1.70. The Morgan fingerprint density at radius 3 is 2.68 bits per heavy atom. The summed E-state index contributed by atoms with van der Waals surface area (Å²) in [5.74, 6) is -0.686. The molecular weight excluding hydrogens is 284 g/mol. The van der Waals surface area contributed by atoms with Crippen molar-refractivity contribution in [2.24, 2.45) is 0 Å². The summed E-state index contributed by atoms with van der Waals surface area (Å²) in [4.78, 5) is 14.7. The van der Waals surface area contributed by atoms with E-state index in [1.54, 1.807) is 0 Å². The lowest BCUT2D eigenvalue weighted by Gasteiger charge is -2.08. The van der Waals surface area contributed by atoms with E-state index < -0.39 is 23.2 Å². The van der Waals surface area contributed by atoms with Gasteiger partial charge in [-0.15, -0.1) is 11.3 Å². The van der Waals surface area contributed by atoms with Gasteiger partial charge in [0, 0.05) is 12.3 Å². The molecule has 0 spiro atoms. The van der Waals surface area contributed by atoms with E-state index in [4.69, 9.17) is 0 Å². The second-order valence-corrected chi connectivity index (χ2v) is 5.10. The molecule has 2 aromatic heterocycles. The Kier molecular flexibility index (Phi) is 3.44. The highest BCUT2D eigenvalue weighted by Crippen LogP contribution is 2.34. The summed E-state index contributed by atoms with van der Waals surface area (Å²) < 4.78 is 52.1. The Morgan fingerprint density at radius 1 is 1.37 bits per heavy atom. The van der Waals surface area contributed by atoms with Gasteiger partial charge < -0.3 is 4.57 Å². The first-order chi connectivity index (χ1) is 8.77. The molecule has 102 valence electrons. The fourth-order valence-electron chi connectivity index (χ4n) is 1.58. The van der Waals surface area contributed by atoms with Crippen LogP contribution in [-0.4, -0.2) is 9.55 Å². The lowest BCUT2D eigenvalue weighted by atomic mass is 10.3. The van der Waals surface area contributed by atoms with Gasteiger partial charge in [0.05, 0.1) is 16.4 Å². The number of aryl methyl sites for hydroxylation is 1. The molecule has 0 fully saturated rings. The molecule has 0 atom stereocenters. The molecular formula is C11H8F4N2OS. The number of pyridine rings is 1. The molecule has 0 aromatic carbocycles. The van der Waals surface area contributed by atoms with Gasteiger partial charge in [0.1, 0.15) is 5.82 Å². The molecule has 0 aliphatic heterocycles. The van der Waals surface area contributed by atoms with E-state index in [0.29, 0.717) is 0 Å². The fraction of sp³-hybridized carbons (Fsp3) is 0.273. The number of aromatic nitrogens is 2. The maximum atomic E-state index is 13.0. The lowest BCUT2D eigenvalue weighted by molar-refractivity contribution is -0.141. The van der Waals surface area contributed by atoms with Crippen molar-refractivity contribution in [3.8, 4) is 0 Å². The topological polar surface area (TPSA) is 34.9 Å². The van der Waals surface area contributed by atoms with Crippen molar-refractivity contribution in [2.75, 3.05) is 0 Å². The van der Waals surface area contributed by atoms with Gasteiger partial charge in [0.25, 0.3) is 5.56 Å². The predicted molar refractivity (Wildman–Crippen MR) is 61.6 cm³/mol. The molecule has 0 aliphatic rings. The van der Waals surface area contributed by atoms with Gasteiger partial charge >= 0.3 is 6.18 Å². The number of nitrogens with zero attached hydrogens (tertiary/aromatic N) is 2. The van der Waals surface area contributed by atoms with E-state index in [0.717, 1.165) is 34.2 Å². The van der Waals surface area contributed by atoms with Crippen molar-refractivity contribution in [1.29, 1.82) is 0 Å². The van der Waals surface area contributed by atoms with Gasteiger partial charge in [0.2, 0.25) is 0 Å². The average molecular weight is 292 g/mol. The second-order valence-electron chi connectivity index (χ2n) is 3.82. The van der Waals surface area contributed by atoms with Gasteiger partial charge in [-0.1, -0.05) is 0 Å². The highest BCUT2D eigenvalue weighted by Gasteiger charge is 2.37. The van der Waals surface area contributed by atoms with E-state index in [-0.39, 0.29) is 16.4 Å². The third-order valence-corrected chi connectivity index (χ3v) is 3.29. The smallest absolute Gasteiger partial charge is 0.307 e. The molecule has 0 saturated carbocycles. The molecule has 0 aliphatic carbocycles. The molecule has 0 unspecified atom stereocenters. The molecule has 2 aromatic rings. The summed E-state index contributed by atoms with van der Waals surface area (Å²) >= 11 is 0.837. The maximum Gasteiger partial charge on any atom is 0.434 e. The number of rotatable bonds is 2. The Labute approximate surface area is 109 Å². The van der Waals surface area contributed by atoms with Crippen LogP contribution in [0.1, 0.15) is 15.6 Å². The number of hydrogen-bond acceptors (Lipinski definition) is 3. The number of hydrogen-bond donors (Lipinski definition) is 0. The summed E-state index contributed by atoms with van der Waals surface area (Å²) in [6.45, 7) is 1.09. The van der Waals surface area contributed by atoms with E-state index in [9.17, 15) is 22.4 Å². The van der Waals surface area contributed by atoms with Gasteiger partial charge in [-0.05, 0) is 13.0 Å². The fourth-order valence-corrected chi connectivity index (χ4v) is 2.53. The van der Waals surface area contributed by atoms with Crippen LogP contribution in [0.15, 0.2) is 23.1 Å². The van der Waals surface area contributed by atoms with Crippen LogP contribution in [0.25, 0.3) is 0 Å². The van der Waals surface area contributed by atoms with Crippen LogP contribution in [0.3, 0.4) is 0 Å². The standard InChI is InChI=1S/C11H8F4N2OS/c1-6-16-10(11(13,14)15)8(19-6)5-17-4-7(12)2-3-9(17)18/h2-4H,5H2,1H3. The van der Waals surface area contributed by atoms with Gasteiger partial charge in [-0.3, -0.25) is 4.79 Å². The molecule has 3 nitrogen and oxygen atoms in total. The largest absolute Gasteiger partial charge is 0.434 e. The highest BCUT2D eigenvalue weighted by atomic mass is 32.1. The minimum Gasteiger partial charge on any atom is -0.307 e. The van der Waals surface area contributed by atoms with Crippen molar-refractivity contribution in [1.82, 2.24) is 9.55 Å². The predicted octanol–water partition coefficient (Wildman–Crippen LogP) is 2.82. The molecule has 0 saturated heterocycles. The summed E-state index contributed by atoms with van der Waals surface area (Å²) in [6, 6.07) is 1.93. The summed E-state index contributed by atoms with van der Waals surface area (Å²) in [6.07, 6.45) is -3.71. The van der Waals surface area contributed by atoms with Crippen molar-refractivity contribution in [2.45, 2.75) is 19.6 Å². The van der Waals surface area contributed by atoms with Crippen LogP contribution >= 0.6 is 11.3 Å². The van der Waals surface area contributed by atoms with Crippen molar-refractivity contribution >= 4 is 11.3 Å². The average Bonchev–Trinajstić information content (AvgIpc) is 2.65. The second kappa shape index (κ2) is 4.76. The van der Waals surface area contributed by atoms with Crippen LogP contribution in [-0.2, 0) is 12.7 Å². The number of halogens is 4. The maximum absolute atomic E-state index is 13.0. The Morgan fingerprint density at radius 2 is 2.05 bits per heavy atom. The molecule has 0 bridgehead atoms. The molecule has 19 heavy (non-hydrogen) atoms.